The lowest BCUT2D eigenvalue weighted by atomic mass is 10.2. The van der Waals surface area contributed by atoms with Crippen LogP contribution in [0.15, 0.2) is 53.6 Å². The summed E-state index contributed by atoms with van der Waals surface area (Å²) < 4.78 is 5.74. The third-order valence-corrected chi connectivity index (χ3v) is 2.83. The van der Waals surface area contributed by atoms with Crippen LogP contribution in [0.25, 0.3) is 0 Å². The number of amides is 1. The van der Waals surface area contributed by atoms with Gasteiger partial charge >= 0.3 is 0 Å². The van der Waals surface area contributed by atoms with Gasteiger partial charge in [-0.1, -0.05) is 6.07 Å². The molecule has 2 aromatic carbocycles. The number of anilines is 1. The Morgan fingerprint density at radius 3 is 2.48 bits per heavy atom. The zero-order valence-corrected chi connectivity index (χ0v) is 13.5. The second-order valence-corrected chi connectivity index (χ2v) is 6.11. The summed E-state index contributed by atoms with van der Waals surface area (Å²) in [6.07, 6.45) is 1.57. The molecule has 0 bridgehead atoms. The number of nitrogens with zero attached hydrogens (tertiary/aromatic N) is 1. The van der Waals surface area contributed by atoms with Crippen LogP contribution < -0.4 is 15.9 Å². The third kappa shape index (κ3) is 5.47. The van der Waals surface area contributed by atoms with Crippen LogP contribution in [0.5, 0.6) is 5.75 Å². The van der Waals surface area contributed by atoms with Crippen LogP contribution in [0.1, 0.15) is 36.7 Å². The Labute approximate surface area is 136 Å². The van der Waals surface area contributed by atoms with E-state index in [-0.39, 0.29) is 11.5 Å². The fourth-order valence-electron chi connectivity index (χ4n) is 1.89. The van der Waals surface area contributed by atoms with Crippen molar-refractivity contribution in [2.24, 2.45) is 5.10 Å². The number of carbonyl (C=O) groups is 1. The van der Waals surface area contributed by atoms with Crippen molar-refractivity contribution >= 4 is 17.8 Å². The number of benzene rings is 2. The maximum Gasteiger partial charge on any atom is 0.271 e. The van der Waals surface area contributed by atoms with E-state index in [1.165, 1.54) is 0 Å². The van der Waals surface area contributed by atoms with Gasteiger partial charge in [0.2, 0.25) is 0 Å². The average molecular weight is 311 g/mol. The normalized spacial score (nSPS) is 11.4. The molecule has 0 saturated heterocycles. The fourth-order valence-corrected chi connectivity index (χ4v) is 1.89. The second-order valence-electron chi connectivity index (χ2n) is 6.11. The highest BCUT2D eigenvalue weighted by Crippen LogP contribution is 2.17. The van der Waals surface area contributed by atoms with Crippen LogP contribution in [0.4, 0.5) is 5.69 Å². The first-order valence-corrected chi connectivity index (χ1v) is 7.31. The number of rotatable bonds is 4. The average Bonchev–Trinajstić information content (AvgIpc) is 2.47. The molecule has 2 aromatic rings. The molecule has 0 aromatic heterocycles. The van der Waals surface area contributed by atoms with E-state index in [4.69, 9.17) is 10.5 Å². The largest absolute Gasteiger partial charge is 0.488 e. The summed E-state index contributed by atoms with van der Waals surface area (Å²) in [5, 5.41) is 3.95. The van der Waals surface area contributed by atoms with Crippen molar-refractivity contribution in [3.05, 3.63) is 59.7 Å². The molecule has 120 valence electrons. The Morgan fingerprint density at radius 2 is 1.87 bits per heavy atom. The number of carbonyl (C=O) groups excluding carboxylic acids is 1. The number of ether oxygens (including phenoxy) is 1. The molecule has 0 radical (unpaired) electrons. The molecule has 5 nitrogen and oxygen atoms in total. The van der Waals surface area contributed by atoms with Crippen molar-refractivity contribution in [2.75, 3.05) is 5.73 Å². The second kappa shape index (κ2) is 6.96. The predicted octanol–water partition coefficient (Wildman–Crippen LogP) is 3.21. The van der Waals surface area contributed by atoms with Crippen molar-refractivity contribution in [1.29, 1.82) is 0 Å². The first-order chi connectivity index (χ1) is 10.8. The minimum Gasteiger partial charge on any atom is -0.488 e. The van der Waals surface area contributed by atoms with Crippen LogP contribution in [0.2, 0.25) is 0 Å². The summed E-state index contributed by atoms with van der Waals surface area (Å²) in [6, 6.07) is 14.2. The van der Waals surface area contributed by atoms with Crippen molar-refractivity contribution in [2.45, 2.75) is 26.4 Å². The summed E-state index contributed by atoms with van der Waals surface area (Å²) in [4.78, 5) is 11.9. The van der Waals surface area contributed by atoms with Gasteiger partial charge in [0.05, 0.1) is 6.21 Å². The van der Waals surface area contributed by atoms with E-state index in [0.717, 1.165) is 11.3 Å². The topological polar surface area (TPSA) is 76.7 Å². The van der Waals surface area contributed by atoms with E-state index in [0.29, 0.717) is 11.3 Å². The van der Waals surface area contributed by atoms with Gasteiger partial charge in [0, 0.05) is 11.3 Å². The number of hydrogen-bond donors (Lipinski definition) is 2. The smallest absolute Gasteiger partial charge is 0.271 e. The van der Waals surface area contributed by atoms with E-state index >= 15 is 0 Å². The van der Waals surface area contributed by atoms with Crippen LogP contribution >= 0.6 is 0 Å². The van der Waals surface area contributed by atoms with Crippen molar-refractivity contribution in [1.82, 2.24) is 5.43 Å². The molecule has 0 saturated carbocycles. The summed E-state index contributed by atoms with van der Waals surface area (Å²) in [6.45, 7) is 5.98. The Hall–Kier alpha value is -2.82. The Morgan fingerprint density at radius 1 is 1.17 bits per heavy atom. The van der Waals surface area contributed by atoms with Gasteiger partial charge in [-0.3, -0.25) is 4.79 Å². The van der Waals surface area contributed by atoms with Gasteiger partial charge in [-0.05, 0) is 68.8 Å². The quantitative estimate of drug-likeness (QED) is 0.517. The van der Waals surface area contributed by atoms with E-state index in [2.05, 4.69) is 10.5 Å². The molecule has 0 aliphatic rings. The molecule has 0 aliphatic heterocycles. The monoisotopic (exact) mass is 311 g/mol. The summed E-state index contributed by atoms with van der Waals surface area (Å²) in [7, 11) is 0. The van der Waals surface area contributed by atoms with Crippen LogP contribution in [-0.4, -0.2) is 17.7 Å². The maximum atomic E-state index is 11.9. The first-order valence-electron chi connectivity index (χ1n) is 7.31. The van der Waals surface area contributed by atoms with Crippen LogP contribution in [0, 0.1) is 0 Å². The molecule has 0 atom stereocenters. The molecular weight excluding hydrogens is 290 g/mol. The summed E-state index contributed by atoms with van der Waals surface area (Å²) in [5.74, 6) is 0.486. The number of nitrogen functional groups attached to an aromatic ring is 1. The standard InChI is InChI=1S/C18H21N3O2/c1-18(2,3)23-16-9-7-13(8-10-16)12-20-21-17(22)14-5-4-6-15(19)11-14/h4-12H,19H2,1-3H3,(H,21,22)/b20-12-. The predicted molar refractivity (Wildman–Crippen MR) is 92.7 cm³/mol. The molecule has 3 N–H and O–H groups in total. The summed E-state index contributed by atoms with van der Waals surface area (Å²) >= 11 is 0. The highest BCUT2D eigenvalue weighted by molar-refractivity contribution is 5.95. The SMILES string of the molecule is CC(C)(C)Oc1ccc(/C=N\NC(=O)c2cccc(N)c2)cc1. The highest BCUT2D eigenvalue weighted by atomic mass is 16.5. The molecule has 5 heteroatoms. The molecule has 0 unspecified atom stereocenters. The van der Waals surface area contributed by atoms with Gasteiger partial charge in [0.15, 0.2) is 0 Å². The van der Waals surface area contributed by atoms with Crippen LogP contribution in [0.3, 0.4) is 0 Å². The Kier molecular flexibility index (Phi) is 5.01. The van der Waals surface area contributed by atoms with Crippen molar-refractivity contribution in [3.63, 3.8) is 0 Å². The highest BCUT2D eigenvalue weighted by Gasteiger charge is 2.11. The third-order valence-electron chi connectivity index (χ3n) is 2.83. The number of nitrogens with one attached hydrogen (secondary N) is 1. The minimum absolute atomic E-state index is 0.235. The molecule has 0 fully saturated rings. The van der Waals surface area contributed by atoms with E-state index < -0.39 is 0 Å². The Bertz CT molecular complexity index is 701. The number of nitrogens with two attached hydrogens (primary N) is 1. The zero-order valence-electron chi connectivity index (χ0n) is 13.5. The molecule has 0 aliphatic carbocycles. The van der Waals surface area contributed by atoms with E-state index in [1.807, 2.05) is 45.0 Å². The first kappa shape index (κ1) is 16.5. The van der Waals surface area contributed by atoms with Gasteiger partial charge in [-0.2, -0.15) is 5.10 Å². The van der Waals surface area contributed by atoms with Gasteiger partial charge in [0.1, 0.15) is 11.4 Å². The molecule has 0 heterocycles. The van der Waals surface area contributed by atoms with Crippen molar-refractivity contribution < 1.29 is 9.53 Å². The fraction of sp³-hybridized carbons (Fsp3) is 0.222. The maximum absolute atomic E-state index is 11.9. The Balaban J connectivity index is 1.94. The lowest BCUT2D eigenvalue weighted by molar-refractivity contribution is 0.0955. The lowest BCUT2D eigenvalue weighted by Gasteiger charge is -2.21. The van der Waals surface area contributed by atoms with Gasteiger partial charge in [0.25, 0.3) is 5.91 Å². The number of hydrazone groups is 1. The molecule has 1 amide bonds. The minimum atomic E-state index is -0.304. The van der Waals surface area contributed by atoms with Gasteiger partial charge in [-0.25, -0.2) is 5.43 Å². The van der Waals surface area contributed by atoms with Crippen LogP contribution in [-0.2, 0) is 0 Å². The van der Waals surface area contributed by atoms with Gasteiger partial charge < -0.3 is 10.5 Å². The van der Waals surface area contributed by atoms with E-state index in [9.17, 15) is 4.79 Å². The van der Waals surface area contributed by atoms with Gasteiger partial charge in [-0.15, -0.1) is 0 Å². The van der Waals surface area contributed by atoms with E-state index in [1.54, 1.807) is 30.5 Å². The summed E-state index contributed by atoms with van der Waals surface area (Å²) in [5.41, 5.74) is 9.75. The molecule has 2 rings (SSSR count). The molecule has 0 spiro atoms. The zero-order chi connectivity index (χ0) is 16.9. The molecular formula is C18H21N3O2. The lowest BCUT2D eigenvalue weighted by Crippen LogP contribution is -2.22. The van der Waals surface area contributed by atoms with Crippen molar-refractivity contribution in [3.8, 4) is 5.75 Å². The number of hydrogen-bond acceptors (Lipinski definition) is 4. The molecule has 23 heavy (non-hydrogen) atoms.